The highest BCUT2D eigenvalue weighted by Gasteiger charge is 2.53. The number of hydrogen-bond acceptors (Lipinski definition) is 14. The Morgan fingerprint density at radius 1 is 0.921 bits per heavy atom. The molecule has 0 unspecified atom stereocenters. The summed E-state index contributed by atoms with van der Waals surface area (Å²) in [6.45, 7) is 5.52. The molecule has 1 saturated heterocycles. The average molecular weight is 536 g/mol. The van der Waals surface area contributed by atoms with Gasteiger partial charge in [-0.05, 0) is 6.92 Å². The van der Waals surface area contributed by atoms with E-state index in [4.69, 9.17) is 23.7 Å². The van der Waals surface area contributed by atoms with E-state index in [2.05, 4.69) is 15.0 Å². The van der Waals surface area contributed by atoms with Crippen molar-refractivity contribution < 1.29 is 42.9 Å². The molecule has 3 rings (SSSR count). The van der Waals surface area contributed by atoms with Crippen molar-refractivity contribution in [2.45, 2.75) is 65.3 Å². The van der Waals surface area contributed by atoms with Crippen LogP contribution in [0.15, 0.2) is 11.0 Å². The van der Waals surface area contributed by atoms with Gasteiger partial charge in [-0.3, -0.25) is 28.5 Å². The highest BCUT2D eigenvalue weighted by molar-refractivity contribution is 5.71. The molecule has 38 heavy (non-hydrogen) atoms. The van der Waals surface area contributed by atoms with Gasteiger partial charge in [0.15, 0.2) is 30.2 Å². The van der Waals surface area contributed by atoms with Crippen LogP contribution in [0, 0.1) is 6.92 Å². The summed E-state index contributed by atoms with van der Waals surface area (Å²) in [6, 6.07) is 0. The monoisotopic (exact) mass is 535 g/mol. The second-order valence-electron chi connectivity index (χ2n) is 8.74. The Morgan fingerprint density at radius 3 is 2.05 bits per heavy atom. The Balaban J connectivity index is 2.31. The molecule has 0 aromatic carbocycles. The lowest BCUT2D eigenvalue weighted by Crippen LogP contribution is -2.61. The number of aryl methyl sites for hydroxylation is 1. The Hall–Kier alpha value is -4.14. The maximum absolute atomic E-state index is 13.5. The molecule has 0 radical (unpaired) electrons. The number of anilines is 1. The maximum atomic E-state index is 13.5. The van der Waals surface area contributed by atoms with Gasteiger partial charge in [0.1, 0.15) is 23.9 Å². The maximum Gasteiger partial charge on any atom is 0.303 e. The fraction of sp³-hybridized carbons (Fsp3) is 0.565. The molecule has 2 aromatic rings. The van der Waals surface area contributed by atoms with Gasteiger partial charge in [0.2, 0.25) is 5.95 Å². The first-order valence-electron chi connectivity index (χ1n) is 11.5. The van der Waals surface area contributed by atoms with Crippen molar-refractivity contribution in [1.82, 2.24) is 19.5 Å². The molecule has 206 valence electrons. The molecule has 0 N–H and O–H groups in total. The molecule has 0 aliphatic carbocycles. The molecule has 5 atom stereocenters. The van der Waals surface area contributed by atoms with Gasteiger partial charge >= 0.3 is 23.9 Å². The minimum absolute atomic E-state index is 0.0280. The van der Waals surface area contributed by atoms with E-state index in [1.54, 1.807) is 19.0 Å². The highest BCUT2D eigenvalue weighted by Crippen LogP contribution is 2.35. The number of hydrogen-bond donors (Lipinski definition) is 0. The minimum atomic E-state index is -1.49. The number of ether oxygens (including phenoxy) is 5. The van der Waals surface area contributed by atoms with Crippen LogP contribution >= 0.6 is 0 Å². The third-order valence-corrected chi connectivity index (χ3v) is 5.40. The second kappa shape index (κ2) is 11.5. The lowest BCUT2D eigenvalue weighted by atomic mass is 9.97. The van der Waals surface area contributed by atoms with Crippen molar-refractivity contribution in [1.29, 1.82) is 0 Å². The molecule has 15 heteroatoms. The molecule has 0 bridgehead atoms. The second-order valence-corrected chi connectivity index (χ2v) is 8.74. The van der Waals surface area contributed by atoms with Gasteiger partial charge in [0.05, 0.1) is 6.20 Å². The largest absolute Gasteiger partial charge is 0.463 e. The molecule has 2 aromatic heterocycles. The van der Waals surface area contributed by atoms with Crippen LogP contribution in [-0.2, 0) is 42.9 Å². The fourth-order valence-corrected chi connectivity index (χ4v) is 3.98. The molecule has 3 heterocycles. The van der Waals surface area contributed by atoms with Crippen molar-refractivity contribution in [2.75, 3.05) is 25.6 Å². The molecule has 1 aliphatic rings. The normalized spacial score (nSPS) is 22.9. The third kappa shape index (κ3) is 6.22. The molecular formula is C23H29N5O10. The van der Waals surface area contributed by atoms with Crippen LogP contribution in [0.25, 0.3) is 11.2 Å². The van der Waals surface area contributed by atoms with Crippen LogP contribution in [0.4, 0.5) is 5.95 Å². The van der Waals surface area contributed by atoms with Gasteiger partial charge in [-0.2, -0.15) is 4.98 Å². The number of nitrogens with zero attached hydrogens (tertiary/aromatic N) is 5. The van der Waals surface area contributed by atoms with Crippen LogP contribution < -0.4 is 10.5 Å². The van der Waals surface area contributed by atoms with Crippen LogP contribution in [0.5, 0.6) is 0 Å². The fourth-order valence-electron chi connectivity index (χ4n) is 3.98. The first-order valence-corrected chi connectivity index (χ1v) is 11.5. The molecule has 0 spiro atoms. The van der Waals surface area contributed by atoms with Crippen LogP contribution in [0.3, 0.4) is 0 Å². The van der Waals surface area contributed by atoms with E-state index in [0.29, 0.717) is 0 Å². The lowest BCUT2D eigenvalue weighted by molar-refractivity contribution is -0.268. The van der Waals surface area contributed by atoms with Gasteiger partial charge in [0.25, 0.3) is 5.56 Å². The van der Waals surface area contributed by atoms with Crippen molar-refractivity contribution in [3.63, 3.8) is 0 Å². The standard InChI is InChI=1S/C23H29N5O10/c1-10-21(33)28(20-15(25-10)8-24-23(26-20)27(6)7)22-19(37-14(5)32)18(36-13(4)31)17(35-12(3)30)16(38-22)9-34-11(2)29/h8,16-19,22H,9H2,1-7H3/t16-,17-,18+,19-,22-/m1/s1. The Labute approximate surface area is 217 Å². The number of carbonyl (C=O) groups excluding carboxylic acids is 4. The van der Waals surface area contributed by atoms with E-state index < -0.39 is 66.7 Å². The molecule has 1 aliphatic heterocycles. The Kier molecular flexibility index (Phi) is 8.60. The SMILES string of the molecule is CC(=O)OC[C@H]1O[C@@H](n2c(=O)c(C)nc3cnc(N(C)C)nc32)[C@H](OC(C)=O)[C@@H](OC(C)=O)[C@@H]1OC(C)=O. The van der Waals surface area contributed by atoms with Gasteiger partial charge < -0.3 is 28.6 Å². The van der Waals surface area contributed by atoms with E-state index in [1.165, 1.54) is 13.1 Å². The predicted octanol–water partition coefficient (Wildman–Crippen LogP) is -0.183. The summed E-state index contributed by atoms with van der Waals surface area (Å²) < 4.78 is 28.7. The number of fused-ring (bicyclic) bond motifs is 1. The van der Waals surface area contributed by atoms with E-state index in [0.717, 1.165) is 32.3 Å². The van der Waals surface area contributed by atoms with E-state index in [9.17, 15) is 24.0 Å². The number of carbonyl (C=O) groups is 4. The van der Waals surface area contributed by atoms with E-state index in [-0.39, 0.29) is 22.8 Å². The van der Waals surface area contributed by atoms with Crippen LogP contribution in [-0.4, -0.2) is 88.5 Å². The molecule has 0 saturated carbocycles. The number of rotatable bonds is 7. The first-order chi connectivity index (χ1) is 17.8. The van der Waals surface area contributed by atoms with Gasteiger partial charge in [-0.25, -0.2) is 9.97 Å². The summed E-state index contributed by atoms with van der Waals surface area (Å²) in [5, 5.41) is 0. The Bertz CT molecular complexity index is 1310. The zero-order chi connectivity index (χ0) is 28.3. The highest BCUT2D eigenvalue weighted by atomic mass is 16.7. The molecule has 15 nitrogen and oxygen atoms in total. The topological polar surface area (TPSA) is 178 Å². The van der Waals surface area contributed by atoms with Gasteiger partial charge in [-0.1, -0.05) is 0 Å². The average Bonchev–Trinajstić information content (AvgIpc) is 2.80. The summed E-state index contributed by atoms with van der Waals surface area (Å²) >= 11 is 0. The van der Waals surface area contributed by atoms with Gasteiger partial charge in [0, 0.05) is 41.8 Å². The van der Waals surface area contributed by atoms with Gasteiger partial charge in [-0.15, -0.1) is 0 Å². The van der Waals surface area contributed by atoms with Crippen molar-refractivity contribution in [3.05, 3.63) is 22.2 Å². The third-order valence-electron chi connectivity index (χ3n) is 5.40. The zero-order valence-corrected chi connectivity index (χ0v) is 22.0. The van der Waals surface area contributed by atoms with Crippen molar-refractivity contribution >= 4 is 41.0 Å². The summed E-state index contributed by atoms with van der Waals surface area (Å²) in [4.78, 5) is 75.8. The zero-order valence-electron chi connectivity index (χ0n) is 22.0. The summed E-state index contributed by atoms with van der Waals surface area (Å²) in [7, 11) is 3.39. The first kappa shape index (κ1) is 28.4. The van der Waals surface area contributed by atoms with Crippen LogP contribution in [0.1, 0.15) is 39.6 Å². The van der Waals surface area contributed by atoms with E-state index >= 15 is 0 Å². The predicted molar refractivity (Wildman–Crippen MR) is 128 cm³/mol. The van der Waals surface area contributed by atoms with Crippen molar-refractivity contribution in [3.8, 4) is 0 Å². The lowest BCUT2D eigenvalue weighted by Gasteiger charge is -2.44. The number of esters is 4. The quantitative estimate of drug-likeness (QED) is 0.336. The minimum Gasteiger partial charge on any atom is -0.463 e. The summed E-state index contributed by atoms with van der Waals surface area (Å²) in [6.07, 6.45) is -5.62. The summed E-state index contributed by atoms with van der Waals surface area (Å²) in [5.41, 5.74) is -0.353. The van der Waals surface area contributed by atoms with Crippen molar-refractivity contribution in [2.24, 2.45) is 0 Å². The number of aromatic nitrogens is 4. The van der Waals surface area contributed by atoms with Crippen LogP contribution in [0.2, 0.25) is 0 Å². The summed E-state index contributed by atoms with van der Waals surface area (Å²) in [5.74, 6) is -2.79. The molecule has 1 fully saturated rings. The smallest absolute Gasteiger partial charge is 0.303 e. The Morgan fingerprint density at radius 2 is 1.50 bits per heavy atom. The van der Waals surface area contributed by atoms with E-state index in [1.807, 2.05) is 0 Å². The molecule has 0 amide bonds. The molecular weight excluding hydrogens is 506 g/mol.